The third kappa shape index (κ3) is 5.55. The Hall–Kier alpha value is -3.37. The fraction of sp³-hybridized carbons (Fsp3) is 0.250. The van der Waals surface area contributed by atoms with E-state index in [9.17, 15) is 28.1 Å². The highest BCUT2D eigenvalue weighted by Crippen LogP contribution is 2.46. The molecule has 1 aliphatic heterocycles. The van der Waals surface area contributed by atoms with Crippen molar-refractivity contribution in [2.45, 2.75) is 31.1 Å². The lowest BCUT2D eigenvalue weighted by Crippen LogP contribution is -2.44. The topological polar surface area (TPSA) is 88.4 Å². The van der Waals surface area contributed by atoms with Crippen LogP contribution in [0, 0.1) is 10.1 Å². The summed E-state index contributed by atoms with van der Waals surface area (Å²) in [6.07, 6.45) is -2.99. The largest absolute Gasteiger partial charge is 0.409 e. The maximum atomic E-state index is 14.2. The number of pyridine rings is 1. The van der Waals surface area contributed by atoms with Gasteiger partial charge in [-0.1, -0.05) is 29.3 Å². The fourth-order valence-corrected chi connectivity index (χ4v) is 4.98. The number of anilines is 1. The first-order chi connectivity index (χ1) is 17.0. The van der Waals surface area contributed by atoms with Crippen molar-refractivity contribution in [2.75, 3.05) is 11.4 Å². The molecule has 12 heteroatoms. The Morgan fingerprint density at radius 1 is 1.14 bits per heavy atom. The van der Waals surface area contributed by atoms with Crippen molar-refractivity contribution in [1.82, 2.24) is 10.3 Å². The molecule has 1 saturated heterocycles. The number of halogens is 5. The van der Waals surface area contributed by atoms with Gasteiger partial charge in [0.25, 0.3) is 11.6 Å². The second-order valence-electron chi connectivity index (χ2n) is 8.24. The monoisotopic (exact) mass is 538 g/mol. The van der Waals surface area contributed by atoms with Gasteiger partial charge in [0.1, 0.15) is 11.6 Å². The van der Waals surface area contributed by atoms with E-state index in [1.807, 2.05) is 0 Å². The highest BCUT2D eigenvalue weighted by molar-refractivity contribution is 6.34. The molecule has 1 aliphatic rings. The first-order valence-corrected chi connectivity index (χ1v) is 11.6. The number of nitro groups is 1. The average Bonchev–Trinajstić information content (AvgIpc) is 3.28. The molecule has 0 saturated carbocycles. The number of nitrogens with one attached hydrogen (secondary N) is 1. The van der Waals surface area contributed by atoms with Crippen LogP contribution in [0.3, 0.4) is 0 Å². The number of benzene rings is 2. The number of amides is 1. The molecule has 188 valence electrons. The molecule has 7 nitrogen and oxygen atoms in total. The molecule has 1 amide bonds. The smallest absolute Gasteiger partial charge is 0.359 e. The zero-order valence-corrected chi connectivity index (χ0v) is 20.0. The van der Waals surface area contributed by atoms with Crippen LogP contribution in [-0.2, 0) is 6.54 Å². The van der Waals surface area contributed by atoms with Crippen LogP contribution < -0.4 is 10.2 Å². The zero-order valence-electron chi connectivity index (χ0n) is 18.5. The summed E-state index contributed by atoms with van der Waals surface area (Å²) in [5.41, 5.74) is 0.00226. The number of hydrogen-bond donors (Lipinski definition) is 1. The van der Waals surface area contributed by atoms with Gasteiger partial charge in [-0.15, -0.1) is 0 Å². The summed E-state index contributed by atoms with van der Waals surface area (Å²) >= 11 is 12.0. The van der Waals surface area contributed by atoms with Crippen molar-refractivity contribution < 1.29 is 22.9 Å². The van der Waals surface area contributed by atoms with E-state index in [1.165, 1.54) is 30.5 Å². The van der Waals surface area contributed by atoms with E-state index < -0.39 is 34.7 Å². The molecule has 1 aromatic heterocycles. The summed E-state index contributed by atoms with van der Waals surface area (Å²) in [5.74, 6) is -1.72. The van der Waals surface area contributed by atoms with Crippen LogP contribution in [0.2, 0.25) is 10.0 Å². The molecule has 0 aliphatic carbocycles. The molecule has 0 spiro atoms. The molecule has 36 heavy (non-hydrogen) atoms. The van der Waals surface area contributed by atoms with Gasteiger partial charge in [-0.05, 0) is 54.4 Å². The van der Waals surface area contributed by atoms with Gasteiger partial charge in [-0.2, -0.15) is 13.2 Å². The fourth-order valence-electron chi connectivity index (χ4n) is 4.44. The second kappa shape index (κ2) is 10.3. The van der Waals surface area contributed by atoms with Crippen LogP contribution in [0.25, 0.3) is 0 Å². The highest BCUT2D eigenvalue weighted by atomic mass is 35.5. The third-order valence-electron chi connectivity index (χ3n) is 5.96. The molecule has 2 unspecified atom stereocenters. The molecular formula is C24H19Cl2F3N4O3. The van der Waals surface area contributed by atoms with E-state index in [0.29, 0.717) is 11.3 Å². The lowest BCUT2D eigenvalue weighted by atomic mass is 9.91. The van der Waals surface area contributed by atoms with Gasteiger partial charge in [0.05, 0.1) is 17.2 Å². The van der Waals surface area contributed by atoms with Gasteiger partial charge in [0.2, 0.25) is 0 Å². The van der Waals surface area contributed by atoms with Crippen LogP contribution in [0.1, 0.15) is 34.0 Å². The molecule has 0 bridgehead atoms. The van der Waals surface area contributed by atoms with E-state index >= 15 is 0 Å². The van der Waals surface area contributed by atoms with Crippen LogP contribution in [-0.4, -0.2) is 34.6 Å². The van der Waals surface area contributed by atoms with Crippen LogP contribution >= 0.6 is 23.2 Å². The van der Waals surface area contributed by atoms with Gasteiger partial charge in [-0.25, -0.2) is 0 Å². The van der Waals surface area contributed by atoms with E-state index in [0.717, 1.165) is 17.0 Å². The van der Waals surface area contributed by atoms with Gasteiger partial charge in [-0.3, -0.25) is 19.9 Å². The average molecular weight is 539 g/mol. The minimum absolute atomic E-state index is 0.0125. The number of rotatable bonds is 6. The predicted molar refractivity (Wildman–Crippen MR) is 130 cm³/mol. The second-order valence-corrected chi connectivity index (χ2v) is 9.11. The van der Waals surface area contributed by atoms with Crippen molar-refractivity contribution in [3.8, 4) is 0 Å². The van der Waals surface area contributed by atoms with Gasteiger partial charge in [0.15, 0.2) is 0 Å². The molecule has 0 radical (unpaired) electrons. The number of nitrogens with zero attached hydrogens (tertiary/aromatic N) is 3. The lowest BCUT2D eigenvalue weighted by Gasteiger charge is -2.32. The van der Waals surface area contributed by atoms with Crippen molar-refractivity contribution in [1.29, 1.82) is 0 Å². The van der Waals surface area contributed by atoms with Crippen molar-refractivity contribution >= 4 is 40.5 Å². The van der Waals surface area contributed by atoms with Crippen molar-refractivity contribution in [2.24, 2.45) is 0 Å². The molecule has 4 rings (SSSR count). The van der Waals surface area contributed by atoms with Crippen molar-refractivity contribution in [3.05, 3.63) is 97.8 Å². The zero-order chi connectivity index (χ0) is 26.0. The van der Waals surface area contributed by atoms with Gasteiger partial charge >= 0.3 is 6.18 Å². The molecule has 1 fully saturated rings. The standard InChI is InChI=1S/C24H19Cl2F3N4O3/c25-15-9-14(10-16(26)11-15)19-6-8-32(22(19)24(27,28)29)18-4-5-20(21(12-18)33(35)36)23(34)31-13-17-3-1-2-7-30-17/h1-5,7,9-12,19,22H,6,8,13H2,(H,31,34). The van der Waals surface area contributed by atoms with E-state index in [2.05, 4.69) is 10.3 Å². The van der Waals surface area contributed by atoms with E-state index in [1.54, 1.807) is 18.2 Å². The highest BCUT2D eigenvalue weighted by Gasteiger charge is 2.52. The molecule has 3 aromatic rings. The normalized spacial score (nSPS) is 17.8. The van der Waals surface area contributed by atoms with Crippen LogP contribution in [0.5, 0.6) is 0 Å². The Bertz CT molecular complexity index is 1270. The van der Waals surface area contributed by atoms with Gasteiger partial charge < -0.3 is 10.2 Å². The quantitative estimate of drug-likeness (QED) is 0.300. The minimum atomic E-state index is -4.65. The third-order valence-corrected chi connectivity index (χ3v) is 6.39. The molecule has 2 atom stereocenters. The Morgan fingerprint density at radius 2 is 1.86 bits per heavy atom. The van der Waals surface area contributed by atoms with Gasteiger partial charge in [0, 0.05) is 40.5 Å². The Balaban J connectivity index is 1.64. The minimum Gasteiger partial charge on any atom is -0.359 e. The number of hydrogen-bond acceptors (Lipinski definition) is 5. The molecule has 1 N–H and O–H groups in total. The van der Waals surface area contributed by atoms with Crippen LogP contribution in [0.4, 0.5) is 24.5 Å². The summed E-state index contributed by atoms with van der Waals surface area (Å²) in [5, 5.41) is 14.7. The van der Waals surface area contributed by atoms with E-state index in [-0.39, 0.29) is 40.8 Å². The summed E-state index contributed by atoms with van der Waals surface area (Å²) in [7, 11) is 0. The maximum Gasteiger partial charge on any atom is 0.409 e. The van der Waals surface area contributed by atoms with Crippen LogP contribution in [0.15, 0.2) is 60.8 Å². The summed E-state index contributed by atoms with van der Waals surface area (Å²) in [4.78, 5) is 28.7. The molecular weight excluding hydrogens is 520 g/mol. The Morgan fingerprint density at radius 3 is 2.47 bits per heavy atom. The Labute approximate surface area is 214 Å². The number of alkyl halides is 3. The Kier molecular flexibility index (Phi) is 7.37. The first-order valence-electron chi connectivity index (χ1n) is 10.8. The number of aromatic nitrogens is 1. The SMILES string of the molecule is O=C(NCc1ccccn1)c1ccc(N2CCC(c3cc(Cl)cc(Cl)c3)C2C(F)(F)F)cc1[N+](=O)[O-]. The molecule has 2 heterocycles. The predicted octanol–water partition coefficient (Wildman–Crippen LogP) is 6.15. The van der Waals surface area contributed by atoms with Crippen molar-refractivity contribution in [3.63, 3.8) is 0 Å². The lowest BCUT2D eigenvalue weighted by molar-refractivity contribution is -0.385. The summed E-state index contributed by atoms with van der Waals surface area (Å²) in [6.45, 7) is 0.0199. The maximum absolute atomic E-state index is 14.2. The molecule has 2 aromatic carbocycles. The van der Waals surface area contributed by atoms with E-state index in [4.69, 9.17) is 23.2 Å². The number of nitro benzene ring substituents is 1. The number of carbonyl (C=O) groups is 1. The summed E-state index contributed by atoms with van der Waals surface area (Å²) in [6, 6.07) is 10.9. The number of carbonyl (C=O) groups excluding carboxylic acids is 1. The first kappa shape index (κ1) is 25.7. The summed E-state index contributed by atoms with van der Waals surface area (Å²) < 4.78 is 42.7.